The van der Waals surface area contributed by atoms with Crippen molar-refractivity contribution in [3.63, 3.8) is 0 Å². The highest BCUT2D eigenvalue weighted by Gasteiger charge is 2.28. The van der Waals surface area contributed by atoms with E-state index in [1.165, 1.54) is 12.1 Å². The van der Waals surface area contributed by atoms with Gasteiger partial charge >= 0.3 is 0 Å². The lowest BCUT2D eigenvalue weighted by Gasteiger charge is -2.31. The second-order valence-electron chi connectivity index (χ2n) is 6.92. The van der Waals surface area contributed by atoms with Gasteiger partial charge in [-0.2, -0.15) is 0 Å². The molecule has 1 unspecified atom stereocenters. The lowest BCUT2D eigenvalue weighted by atomic mass is 9.94. The Morgan fingerprint density at radius 1 is 1.33 bits per heavy atom. The maximum atomic E-state index is 13.1. The van der Waals surface area contributed by atoms with Crippen molar-refractivity contribution in [2.24, 2.45) is 0 Å². The summed E-state index contributed by atoms with van der Waals surface area (Å²) in [5.41, 5.74) is 1.63. The highest BCUT2D eigenvalue weighted by atomic mass is 32.1. The molecule has 0 aliphatic carbocycles. The van der Waals surface area contributed by atoms with Crippen LogP contribution in [-0.4, -0.2) is 23.0 Å². The second-order valence-corrected chi connectivity index (χ2v) is 7.87. The number of rotatable bonds is 7. The molecule has 3 aromatic rings. The number of thiophene rings is 1. The van der Waals surface area contributed by atoms with E-state index in [9.17, 15) is 9.18 Å². The van der Waals surface area contributed by atoms with E-state index in [0.717, 1.165) is 15.8 Å². The lowest BCUT2D eigenvalue weighted by Crippen LogP contribution is -2.50. The van der Waals surface area contributed by atoms with Crippen LogP contribution in [-0.2, 0) is 0 Å². The fourth-order valence-corrected chi connectivity index (χ4v) is 3.67. The van der Waals surface area contributed by atoms with E-state index in [2.05, 4.69) is 16.9 Å². The van der Waals surface area contributed by atoms with E-state index in [0.29, 0.717) is 17.7 Å². The average molecular weight is 384 g/mol. The van der Waals surface area contributed by atoms with Crippen molar-refractivity contribution in [3.05, 3.63) is 71.5 Å². The zero-order valence-electron chi connectivity index (χ0n) is 15.3. The predicted molar refractivity (Wildman–Crippen MR) is 107 cm³/mol. The summed E-state index contributed by atoms with van der Waals surface area (Å²) in [6.07, 6.45) is 2.13. The lowest BCUT2D eigenvalue weighted by molar-refractivity contribution is 0.0866. The second kappa shape index (κ2) is 7.88. The maximum absolute atomic E-state index is 13.1. The Kier molecular flexibility index (Phi) is 5.56. The van der Waals surface area contributed by atoms with Crippen molar-refractivity contribution in [1.29, 1.82) is 0 Å². The third-order valence-electron chi connectivity index (χ3n) is 4.04. The molecule has 1 N–H and O–H groups in total. The van der Waals surface area contributed by atoms with Crippen LogP contribution in [0.15, 0.2) is 60.1 Å². The molecule has 0 spiro atoms. The van der Waals surface area contributed by atoms with E-state index >= 15 is 0 Å². The summed E-state index contributed by atoms with van der Waals surface area (Å²) >= 11 is 1.54. The van der Waals surface area contributed by atoms with Crippen LogP contribution < -0.4 is 10.1 Å². The molecule has 0 saturated heterocycles. The molecular formula is C21H21FN2O2S. The van der Waals surface area contributed by atoms with E-state index in [1.54, 1.807) is 29.7 Å². The predicted octanol–water partition coefficient (Wildman–Crippen LogP) is 4.97. The summed E-state index contributed by atoms with van der Waals surface area (Å²) in [6.45, 7) is 7.99. The van der Waals surface area contributed by atoms with Crippen LogP contribution in [0, 0.1) is 5.82 Å². The fourth-order valence-electron chi connectivity index (χ4n) is 2.89. The molecule has 0 aliphatic heterocycles. The SMILES string of the molecule is C=C(C)CC(C)(COc1ccc(F)cc1)NC(=O)c1cnc2ccsc2c1. The topological polar surface area (TPSA) is 51.2 Å². The monoisotopic (exact) mass is 384 g/mol. The summed E-state index contributed by atoms with van der Waals surface area (Å²) in [4.78, 5) is 17.1. The molecule has 0 bridgehead atoms. The van der Waals surface area contributed by atoms with E-state index < -0.39 is 5.54 Å². The van der Waals surface area contributed by atoms with E-state index in [1.807, 2.05) is 31.4 Å². The van der Waals surface area contributed by atoms with Gasteiger partial charge in [0.2, 0.25) is 0 Å². The number of amides is 1. The van der Waals surface area contributed by atoms with Crippen LogP contribution in [0.4, 0.5) is 4.39 Å². The number of ether oxygens (including phenoxy) is 1. The summed E-state index contributed by atoms with van der Waals surface area (Å²) < 4.78 is 19.8. The number of carbonyl (C=O) groups is 1. The van der Waals surface area contributed by atoms with Gasteiger partial charge in [-0.25, -0.2) is 4.39 Å². The number of fused-ring (bicyclic) bond motifs is 1. The number of pyridine rings is 1. The number of nitrogens with zero attached hydrogens (tertiary/aromatic N) is 1. The third-order valence-corrected chi connectivity index (χ3v) is 4.90. The number of hydrogen-bond acceptors (Lipinski definition) is 4. The van der Waals surface area contributed by atoms with Crippen LogP contribution in [0.25, 0.3) is 10.2 Å². The molecule has 2 heterocycles. The molecule has 2 aromatic heterocycles. The van der Waals surface area contributed by atoms with Gasteiger partial charge in [-0.1, -0.05) is 5.57 Å². The molecule has 1 aromatic carbocycles. The minimum Gasteiger partial charge on any atom is -0.491 e. The zero-order chi connectivity index (χ0) is 19.4. The minimum absolute atomic E-state index is 0.218. The molecule has 1 atom stereocenters. The molecular weight excluding hydrogens is 363 g/mol. The highest BCUT2D eigenvalue weighted by molar-refractivity contribution is 7.17. The average Bonchev–Trinajstić information content (AvgIpc) is 3.08. The summed E-state index contributed by atoms with van der Waals surface area (Å²) in [7, 11) is 0. The Morgan fingerprint density at radius 3 is 2.78 bits per heavy atom. The Balaban J connectivity index is 1.74. The van der Waals surface area contributed by atoms with Crippen LogP contribution in [0.3, 0.4) is 0 Å². The van der Waals surface area contributed by atoms with Crippen molar-refractivity contribution in [1.82, 2.24) is 10.3 Å². The van der Waals surface area contributed by atoms with Crippen LogP contribution in [0.1, 0.15) is 30.6 Å². The van der Waals surface area contributed by atoms with Crippen molar-refractivity contribution >= 4 is 27.5 Å². The standard InChI is InChI=1S/C21H21FN2O2S/c1-14(2)11-21(3,13-26-17-6-4-16(22)5-7-17)24-20(25)15-10-19-18(23-12-15)8-9-27-19/h4-10,12H,1,11,13H2,2-3H3,(H,24,25). The first kappa shape index (κ1) is 19.0. The van der Waals surface area contributed by atoms with Gasteiger partial charge < -0.3 is 10.1 Å². The van der Waals surface area contributed by atoms with Gasteiger partial charge in [-0.15, -0.1) is 17.9 Å². The number of benzene rings is 1. The maximum Gasteiger partial charge on any atom is 0.253 e. The van der Waals surface area contributed by atoms with E-state index in [-0.39, 0.29) is 18.3 Å². The van der Waals surface area contributed by atoms with Gasteiger partial charge in [0.1, 0.15) is 18.2 Å². The summed E-state index contributed by atoms with van der Waals surface area (Å²) in [5.74, 6) is 0.00124. The zero-order valence-corrected chi connectivity index (χ0v) is 16.1. The molecule has 140 valence electrons. The largest absolute Gasteiger partial charge is 0.491 e. The Morgan fingerprint density at radius 2 is 2.07 bits per heavy atom. The highest BCUT2D eigenvalue weighted by Crippen LogP contribution is 2.22. The van der Waals surface area contributed by atoms with Gasteiger partial charge in [0.25, 0.3) is 5.91 Å². The Labute approximate surface area is 161 Å². The first-order valence-electron chi connectivity index (χ1n) is 8.53. The normalized spacial score (nSPS) is 13.1. The van der Waals surface area contributed by atoms with Crippen molar-refractivity contribution in [2.45, 2.75) is 25.8 Å². The summed E-state index contributed by atoms with van der Waals surface area (Å²) in [6, 6.07) is 9.56. The van der Waals surface area contributed by atoms with Gasteiger partial charge in [-0.05, 0) is 62.0 Å². The van der Waals surface area contributed by atoms with Crippen LogP contribution in [0.5, 0.6) is 5.75 Å². The van der Waals surface area contributed by atoms with Crippen molar-refractivity contribution < 1.29 is 13.9 Å². The molecule has 0 saturated carbocycles. The van der Waals surface area contributed by atoms with Crippen LogP contribution in [0.2, 0.25) is 0 Å². The molecule has 27 heavy (non-hydrogen) atoms. The van der Waals surface area contributed by atoms with E-state index in [4.69, 9.17) is 4.74 Å². The molecule has 3 rings (SSSR count). The van der Waals surface area contributed by atoms with Gasteiger partial charge in [0.05, 0.1) is 21.3 Å². The number of nitrogens with one attached hydrogen (secondary N) is 1. The fraction of sp³-hybridized carbons (Fsp3) is 0.238. The third kappa shape index (κ3) is 4.92. The molecule has 0 radical (unpaired) electrons. The number of halogens is 1. The molecule has 6 heteroatoms. The van der Waals surface area contributed by atoms with Gasteiger partial charge in [0.15, 0.2) is 0 Å². The molecule has 0 fully saturated rings. The first-order chi connectivity index (χ1) is 12.8. The van der Waals surface area contributed by atoms with Crippen LogP contribution >= 0.6 is 11.3 Å². The first-order valence-corrected chi connectivity index (χ1v) is 9.41. The number of aromatic nitrogens is 1. The summed E-state index contributed by atoms with van der Waals surface area (Å²) in [5, 5.41) is 4.99. The molecule has 4 nitrogen and oxygen atoms in total. The van der Waals surface area contributed by atoms with Gasteiger partial charge in [-0.3, -0.25) is 9.78 Å². The Bertz CT molecular complexity index is 968. The van der Waals surface area contributed by atoms with Crippen molar-refractivity contribution in [3.8, 4) is 5.75 Å². The van der Waals surface area contributed by atoms with Gasteiger partial charge in [0, 0.05) is 6.20 Å². The Hall–Kier alpha value is -2.73. The smallest absolute Gasteiger partial charge is 0.253 e. The minimum atomic E-state index is -0.665. The number of carbonyl (C=O) groups excluding carboxylic acids is 1. The molecule has 0 aliphatic rings. The number of hydrogen-bond donors (Lipinski definition) is 1. The van der Waals surface area contributed by atoms with Crippen molar-refractivity contribution in [2.75, 3.05) is 6.61 Å². The quantitative estimate of drug-likeness (QED) is 0.585. The molecule has 1 amide bonds.